The quantitative estimate of drug-likeness (QED) is 0.462. The lowest BCUT2D eigenvalue weighted by atomic mass is 9.61. The first-order valence-corrected chi connectivity index (χ1v) is 9.79. The van der Waals surface area contributed by atoms with Gasteiger partial charge in [-0.25, -0.2) is 11.5 Å². The summed E-state index contributed by atoms with van der Waals surface area (Å²) in [5.74, 6) is 1.49. The molecule has 0 bridgehead atoms. The van der Waals surface area contributed by atoms with Crippen molar-refractivity contribution in [2.75, 3.05) is 0 Å². The minimum absolute atomic E-state index is 0.421. The Morgan fingerprint density at radius 2 is 1.00 bits per heavy atom. The Bertz CT molecular complexity index is 238. The van der Waals surface area contributed by atoms with Crippen LogP contribution in [0, 0.1) is 11.8 Å². The van der Waals surface area contributed by atoms with Crippen LogP contribution in [0.1, 0.15) is 55.4 Å². The number of hydrogen-bond donors (Lipinski definition) is 0. The van der Waals surface area contributed by atoms with E-state index in [1.807, 2.05) is 0 Å². The van der Waals surface area contributed by atoms with Gasteiger partial charge in [-0.1, -0.05) is 55.4 Å². The van der Waals surface area contributed by atoms with Crippen LogP contribution < -0.4 is 0 Å². The molecule has 0 amide bonds. The van der Waals surface area contributed by atoms with E-state index in [0.717, 1.165) is 22.4 Å². The molecular formula is C12H26B2S3. The van der Waals surface area contributed by atoms with E-state index in [1.54, 1.807) is 0 Å². The molecule has 1 heterocycles. The molecule has 1 rings (SSSR count). The summed E-state index contributed by atoms with van der Waals surface area (Å²) in [5.41, 5.74) is 0. The molecule has 0 nitrogen and oxygen atoms in total. The van der Waals surface area contributed by atoms with Crippen LogP contribution in [0.25, 0.3) is 0 Å². The largest absolute Gasteiger partial charge is 0.282 e. The average molecular weight is 288 g/mol. The van der Waals surface area contributed by atoms with Gasteiger partial charge in [0.25, 0.3) is 10.5 Å². The third kappa shape index (κ3) is 3.39. The molecule has 5 heteroatoms. The van der Waals surface area contributed by atoms with Gasteiger partial charge in [0.2, 0.25) is 0 Å². The summed E-state index contributed by atoms with van der Waals surface area (Å²) in [7, 11) is 4.22. The minimum Gasteiger partial charge on any atom is -0.227 e. The van der Waals surface area contributed by atoms with Crippen LogP contribution in [-0.2, 0) is 0 Å². The minimum atomic E-state index is 0.421. The maximum absolute atomic E-state index is 2.42. The fraction of sp³-hybridized carbons (Fsp3) is 1.00. The Balaban J connectivity index is 2.71. The van der Waals surface area contributed by atoms with Gasteiger partial charge in [0.1, 0.15) is 0 Å². The zero-order valence-corrected chi connectivity index (χ0v) is 15.0. The summed E-state index contributed by atoms with van der Waals surface area (Å²) in [6.45, 7) is 19.1. The highest BCUT2D eigenvalue weighted by Crippen LogP contribution is 2.63. The highest BCUT2D eigenvalue weighted by atomic mass is 33.1. The standard InChI is InChI=1S/C12H26B2S3/c1-9(2)11(5,6)13-15-14(17-16-13)12(7,8)10(3)4/h9-10H,1-8H3. The maximum Gasteiger partial charge on any atom is 0.282 e. The zero-order chi connectivity index (χ0) is 13.4. The van der Waals surface area contributed by atoms with Crippen molar-refractivity contribution in [1.29, 1.82) is 0 Å². The second-order valence-electron chi connectivity index (χ2n) is 6.94. The maximum atomic E-state index is 2.42. The lowest BCUT2D eigenvalue weighted by molar-refractivity contribution is 0.475. The van der Waals surface area contributed by atoms with Gasteiger partial charge in [0.05, 0.1) is 0 Å². The van der Waals surface area contributed by atoms with Crippen molar-refractivity contribution in [2.24, 2.45) is 11.8 Å². The highest BCUT2D eigenvalue weighted by Gasteiger charge is 2.50. The molecule has 0 aromatic carbocycles. The first-order chi connectivity index (χ1) is 7.60. The summed E-state index contributed by atoms with van der Waals surface area (Å²) in [6, 6.07) is 0. The van der Waals surface area contributed by atoms with Gasteiger partial charge in [0.15, 0.2) is 0 Å². The topological polar surface area (TPSA) is 0 Å². The van der Waals surface area contributed by atoms with Gasteiger partial charge in [-0.3, -0.25) is 0 Å². The number of hydrogen-bond acceptors (Lipinski definition) is 3. The smallest absolute Gasteiger partial charge is 0.227 e. The van der Waals surface area contributed by atoms with Crippen molar-refractivity contribution >= 4 is 43.3 Å². The molecule has 17 heavy (non-hydrogen) atoms. The Hall–Kier alpha value is 1.18. The van der Waals surface area contributed by atoms with Gasteiger partial charge < -0.3 is 0 Å². The van der Waals surface area contributed by atoms with E-state index in [4.69, 9.17) is 0 Å². The Kier molecular flexibility index (Phi) is 5.41. The lowest BCUT2D eigenvalue weighted by Gasteiger charge is -2.34. The Labute approximate surface area is 121 Å². The SMILES string of the molecule is CC(C)C(C)(C)B1SSB(C(C)(C)C(C)C)S1. The molecule has 0 aromatic heterocycles. The average Bonchev–Trinajstić information content (AvgIpc) is 2.66. The Morgan fingerprint density at radius 1 is 0.706 bits per heavy atom. The molecule has 0 aromatic rings. The van der Waals surface area contributed by atoms with Gasteiger partial charge in [-0.2, -0.15) is 0 Å². The van der Waals surface area contributed by atoms with Crippen molar-refractivity contribution in [1.82, 2.24) is 0 Å². The van der Waals surface area contributed by atoms with E-state index in [1.165, 1.54) is 0 Å². The van der Waals surface area contributed by atoms with Gasteiger partial charge in [-0.05, 0) is 22.5 Å². The molecule has 1 aliphatic rings. The molecule has 1 saturated heterocycles. The Morgan fingerprint density at radius 3 is 1.24 bits per heavy atom. The van der Waals surface area contributed by atoms with Crippen LogP contribution in [0.3, 0.4) is 0 Å². The van der Waals surface area contributed by atoms with Crippen molar-refractivity contribution in [2.45, 2.75) is 66.0 Å². The first kappa shape index (κ1) is 16.2. The molecule has 0 atom stereocenters. The predicted octanol–water partition coefficient (Wildman–Crippen LogP) is 5.96. The highest BCUT2D eigenvalue weighted by molar-refractivity contribution is 9.12. The molecule has 0 N–H and O–H groups in total. The fourth-order valence-corrected chi connectivity index (χ4v) is 9.08. The van der Waals surface area contributed by atoms with E-state index >= 15 is 0 Å². The second-order valence-corrected chi connectivity index (χ2v) is 11.2. The third-order valence-electron chi connectivity index (χ3n) is 4.67. The van der Waals surface area contributed by atoms with Crippen molar-refractivity contribution in [3.8, 4) is 0 Å². The van der Waals surface area contributed by atoms with Gasteiger partial charge in [-0.15, -0.1) is 21.3 Å². The van der Waals surface area contributed by atoms with Crippen LogP contribution in [0.4, 0.5) is 0 Å². The van der Waals surface area contributed by atoms with Crippen molar-refractivity contribution < 1.29 is 0 Å². The first-order valence-electron chi connectivity index (χ1n) is 6.57. The van der Waals surface area contributed by atoms with Gasteiger partial charge in [0, 0.05) is 0 Å². The fourth-order valence-electron chi connectivity index (χ4n) is 1.40. The summed E-state index contributed by atoms with van der Waals surface area (Å²) in [4.78, 5) is 0. The molecule has 1 fully saturated rings. The van der Waals surface area contributed by atoms with E-state index in [-0.39, 0.29) is 0 Å². The molecule has 0 unspecified atom stereocenters. The van der Waals surface area contributed by atoms with Crippen LogP contribution in [-0.4, -0.2) is 10.5 Å². The third-order valence-corrected chi connectivity index (χ3v) is 11.5. The summed E-state index contributed by atoms with van der Waals surface area (Å²) in [6.07, 6.45) is 0. The predicted molar refractivity (Wildman–Crippen MR) is 92.0 cm³/mol. The monoisotopic (exact) mass is 288 g/mol. The summed E-state index contributed by atoms with van der Waals surface area (Å²) < 4.78 is 0. The van der Waals surface area contributed by atoms with Crippen LogP contribution in [0.5, 0.6) is 0 Å². The van der Waals surface area contributed by atoms with E-state index in [2.05, 4.69) is 88.1 Å². The molecule has 1 aliphatic heterocycles. The number of rotatable bonds is 4. The molecule has 0 saturated carbocycles. The molecule has 0 spiro atoms. The van der Waals surface area contributed by atoms with Crippen molar-refractivity contribution in [3.63, 3.8) is 0 Å². The van der Waals surface area contributed by atoms with E-state index in [9.17, 15) is 0 Å². The van der Waals surface area contributed by atoms with Gasteiger partial charge >= 0.3 is 0 Å². The second kappa shape index (κ2) is 5.66. The van der Waals surface area contributed by atoms with Crippen molar-refractivity contribution in [3.05, 3.63) is 0 Å². The van der Waals surface area contributed by atoms with E-state index < -0.39 is 0 Å². The van der Waals surface area contributed by atoms with Crippen LogP contribution in [0.2, 0.25) is 10.6 Å². The van der Waals surface area contributed by atoms with Crippen LogP contribution >= 0.6 is 32.8 Å². The summed E-state index contributed by atoms with van der Waals surface area (Å²) >= 11 is 2.21. The van der Waals surface area contributed by atoms with Crippen LogP contribution in [0.15, 0.2) is 0 Å². The molecule has 0 radical (unpaired) electrons. The summed E-state index contributed by atoms with van der Waals surface area (Å²) in [5, 5.41) is 2.31. The molecular weight excluding hydrogens is 262 g/mol. The zero-order valence-electron chi connectivity index (χ0n) is 12.5. The normalized spacial score (nSPS) is 18.7. The lowest BCUT2D eigenvalue weighted by Crippen LogP contribution is -2.30. The van der Waals surface area contributed by atoms with E-state index in [0.29, 0.717) is 10.6 Å². The molecule has 0 aliphatic carbocycles. The molecule has 98 valence electrons.